The maximum Gasteiger partial charge on any atom is 0.478 e. The summed E-state index contributed by atoms with van der Waals surface area (Å²) >= 11 is 0. The van der Waals surface area contributed by atoms with Crippen LogP contribution in [0.5, 0.6) is 0 Å². The Morgan fingerprint density at radius 1 is 0.467 bits per heavy atom. The molecule has 0 amide bonds. The molecule has 0 spiro atoms. The van der Waals surface area contributed by atoms with Crippen molar-refractivity contribution in [3.63, 3.8) is 0 Å². The number of nitrogens with two attached hydrogens (primary N) is 1. The predicted octanol–water partition coefficient (Wildman–Crippen LogP) is -3.01. The minimum absolute atomic E-state index is 1.25. The topological polar surface area (TPSA) is 423 Å². The number of nitrogens with zero attached hydrogens (tertiary/aromatic N) is 1. The average molecular weight is 576 g/mol. The van der Waals surface area contributed by atoms with E-state index in [2.05, 4.69) is 18.7 Å². The van der Waals surface area contributed by atoms with Crippen molar-refractivity contribution in [2.45, 2.75) is 0 Å². The van der Waals surface area contributed by atoms with Crippen LogP contribution in [0.4, 0.5) is 0 Å². The van der Waals surface area contributed by atoms with Crippen LogP contribution in [0.15, 0.2) is 0 Å². The fraction of sp³-hybridized carbons (Fsp3) is 0. The van der Waals surface area contributed by atoms with Gasteiger partial charge < -0.3 is 64.5 Å². The Bertz CT molecular complexity index is 639. The third-order valence-corrected chi connectivity index (χ3v) is 5.74. The van der Waals surface area contributed by atoms with Gasteiger partial charge in [0.15, 0.2) is 6.19 Å². The van der Waals surface area contributed by atoms with E-state index in [1.807, 2.05) is 0 Å². The molecule has 0 atom stereocenters. The van der Waals surface area contributed by atoms with Gasteiger partial charge in [0, 0.05) is 0 Å². The zero-order valence-electron chi connectivity index (χ0n) is 13.2. The lowest BCUT2D eigenvalue weighted by atomic mass is 11.5. The molecule has 0 heterocycles. The van der Waals surface area contributed by atoms with Crippen LogP contribution in [0.2, 0.25) is 0 Å². The molecule has 0 fully saturated rings. The Balaban J connectivity index is -0.000000158. The van der Waals surface area contributed by atoms with Crippen LogP contribution in [-0.2, 0) is 40.3 Å². The minimum atomic E-state index is -5.05. The molecule has 0 aromatic heterocycles. The highest BCUT2D eigenvalue weighted by atomic mass is 31.3. The van der Waals surface area contributed by atoms with Crippen LogP contribution < -0.4 is 5.73 Å². The van der Waals surface area contributed by atoms with Crippen LogP contribution in [0.25, 0.3) is 0 Å². The molecule has 0 aliphatic carbocycles. The van der Waals surface area contributed by atoms with Gasteiger partial charge in [-0.2, -0.15) is 18.2 Å². The third kappa shape index (κ3) is 63.0. The van der Waals surface area contributed by atoms with Gasteiger partial charge in [-0.25, -0.2) is 27.4 Å². The Labute approximate surface area is 164 Å². The molecule has 184 valence electrons. The molecule has 29 heteroatoms. The van der Waals surface area contributed by atoms with Gasteiger partial charge in [-0.05, 0) is 0 Å². The lowest BCUT2D eigenvalue weighted by molar-refractivity contribution is 0.221. The van der Waals surface area contributed by atoms with E-state index in [0.717, 1.165) is 0 Å². The monoisotopic (exact) mass is 576 g/mol. The molecule has 0 aliphatic heterocycles. The van der Waals surface area contributed by atoms with Crippen molar-refractivity contribution in [1.29, 1.82) is 5.26 Å². The van der Waals surface area contributed by atoms with Gasteiger partial charge in [0.05, 0.1) is 0 Å². The summed E-state index contributed by atoms with van der Waals surface area (Å²) in [4.78, 5) is 93.0. The van der Waals surface area contributed by atoms with E-state index < -0.39 is 46.9 Å². The molecule has 0 radical (unpaired) electrons. The highest BCUT2D eigenvalue weighted by molar-refractivity contribution is 7.61. The highest BCUT2D eigenvalue weighted by Gasteiger charge is 2.29. The maximum absolute atomic E-state index is 9.63. The number of hydrogen-bond acceptors (Lipinski definition) is 11. The van der Waals surface area contributed by atoms with Crippen molar-refractivity contribution in [3.05, 3.63) is 0 Å². The molecule has 0 saturated carbocycles. The largest absolute Gasteiger partial charge is 0.478 e. The second kappa shape index (κ2) is 14.3. The molecular formula is CH14N2O21P6. The van der Waals surface area contributed by atoms with E-state index in [4.69, 9.17) is 64.0 Å². The number of phosphoric acid groups is 6. The SMILES string of the molecule is N#CN.O=P(O)(O)OP(=O)(O)O.O=P(O)(O)OP(=O)(O)O.O=P(O)(O)OP(=O)(O)O. The molecule has 0 saturated heterocycles. The summed E-state index contributed by atoms with van der Waals surface area (Å²) in [5.74, 6) is 0. The maximum atomic E-state index is 9.63. The lowest BCUT2D eigenvalue weighted by Crippen LogP contribution is -1.84. The third-order valence-electron chi connectivity index (χ3n) is 0.638. The highest BCUT2D eigenvalue weighted by Crippen LogP contribution is 2.55. The second-order valence-corrected chi connectivity index (χ2v) is 11.2. The second-order valence-electron chi connectivity index (χ2n) is 3.32. The Hall–Kier alpha value is 0.0700. The number of nitriles is 1. The fourth-order valence-corrected chi connectivity index (χ4v) is 3.74. The summed E-state index contributed by atoms with van der Waals surface area (Å²) < 4.78 is 66.6. The van der Waals surface area contributed by atoms with E-state index in [0.29, 0.717) is 0 Å². The van der Waals surface area contributed by atoms with Crippen LogP contribution in [-0.4, -0.2) is 58.7 Å². The van der Waals surface area contributed by atoms with Crippen LogP contribution in [0, 0.1) is 11.5 Å². The molecule has 0 aromatic rings. The van der Waals surface area contributed by atoms with Crippen molar-refractivity contribution in [1.82, 2.24) is 0 Å². The van der Waals surface area contributed by atoms with Gasteiger partial charge in [-0.15, -0.1) is 0 Å². The van der Waals surface area contributed by atoms with E-state index in [1.165, 1.54) is 6.19 Å². The number of hydrogen-bond donors (Lipinski definition) is 13. The van der Waals surface area contributed by atoms with Crippen molar-refractivity contribution in [3.8, 4) is 6.19 Å². The molecule has 0 unspecified atom stereocenters. The summed E-state index contributed by atoms with van der Waals surface area (Å²) in [5.41, 5.74) is 4.15. The van der Waals surface area contributed by atoms with Gasteiger partial charge in [-0.1, -0.05) is 0 Å². The van der Waals surface area contributed by atoms with Crippen LogP contribution in [0.1, 0.15) is 0 Å². The van der Waals surface area contributed by atoms with E-state index >= 15 is 0 Å². The summed E-state index contributed by atoms with van der Waals surface area (Å²) in [5, 5.41) is 7.10. The van der Waals surface area contributed by atoms with E-state index in [1.54, 1.807) is 0 Å². The normalized spacial score (nSPS) is 12.6. The van der Waals surface area contributed by atoms with Crippen LogP contribution >= 0.6 is 46.9 Å². The first-order valence-electron chi connectivity index (χ1n) is 5.10. The van der Waals surface area contributed by atoms with Gasteiger partial charge in [0.25, 0.3) is 0 Å². The van der Waals surface area contributed by atoms with Crippen molar-refractivity contribution in [2.24, 2.45) is 5.73 Å². The summed E-state index contributed by atoms with van der Waals surface area (Å²) in [6.45, 7) is 0. The first-order chi connectivity index (χ1) is 12.5. The Morgan fingerprint density at radius 3 is 0.533 bits per heavy atom. The zero-order chi connectivity index (χ0) is 25.8. The quantitative estimate of drug-likeness (QED) is 0.0850. The van der Waals surface area contributed by atoms with E-state index in [-0.39, 0.29) is 0 Å². The standard InChI is InChI=1S/CH2N2.3H4O7P2/c2-1-3;3*1-8(2,3)7-9(4,5)6/h2H2;3*(H2,1,2,3)(H2,4,5,6). The molecular weight excluding hydrogens is 562 g/mol. The molecule has 0 rings (SSSR count). The molecule has 30 heavy (non-hydrogen) atoms. The smallest absolute Gasteiger partial charge is 0.337 e. The molecule has 0 bridgehead atoms. The summed E-state index contributed by atoms with van der Waals surface area (Å²) in [6.07, 6.45) is 1.25. The molecule has 0 aromatic carbocycles. The Morgan fingerprint density at radius 2 is 0.533 bits per heavy atom. The van der Waals surface area contributed by atoms with Gasteiger partial charge >= 0.3 is 46.9 Å². The summed E-state index contributed by atoms with van der Waals surface area (Å²) in [7, 11) is -30.3. The van der Waals surface area contributed by atoms with Crippen molar-refractivity contribution >= 4 is 46.9 Å². The zero-order valence-corrected chi connectivity index (χ0v) is 18.6. The average Bonchev–Trinajstić information content (AvgIpc) is 2.13. The van der Waals surface area contributed by atoms with Crippen molar-refractivity contribution < 1.29 is 99.0 Å². The predicted molar refractivity (Wildman–Crippen MR) is 85.3 cm³/mol. The first kappa shape index (κ1) is 37.4. The van der Waals surface area contributed by atoms with Gasteiger partial charge in [-0.3, -0.25) is 0 Å². The number of rotatable bonds is 6. The molecule has 23 nitrogen and oxygen atoms in total. The first-order valence-corrected chi connectivity index (χ1v) is 14.3. The Kier molecular flexibility index (Phi) is 17.8. The fourth-order valence-electron chi connectivity index (χ4n) is 0.416. The van der Waals surface area contributed by atoms with E-state index in [9.17, 15) is 27.4 Å². The van der Waals surface area contributed by atoms with Gasteiger partial charge in [0.2, 0.25) is 0 Å². The summed E-state index contributed by atoms with van der Waals surface area (Å²) in [6, 6.07) is 0. The molecule has 14 N–H and O–H groups in total. The van der Waals surface area contributed by atoms with Crippen LogP contribution in [0.3, 0.4) is 0 Å². The molecule has 0 aliphatic rings. The minimum Gasteiger partial charge on any atom is -0.337 e. The lowest BCUT2D eigenvalue weighted by Gasteiger charge is -2.03. The van der Waals surface area contributed by atoms with Gasteiger partial charge in [0.1, 0.15) is 0 Å². The van der Waals surface area contributed by atoms with Crippen molar-refractivity contribution in [2.75, 3.05) is 0 Å².